The molecule has 3 nitrogen and oxygen atoms in total. The molecule has 11 heavy (non-hydrogen) atoms. The van der Waals surface area contributed by atoms with Gasteiger partial charge in [0.1, 0.15) is 0 Å². The van der Waals surface area contributed by atoms with Crippen molar-refractivity contribution in [2.75, 3.05) is 26.3 Å². The number of hydrogen-bond acceptors (Lipinski definition) is 3. The fourth-order valence-electron chi connectivity index (χ4n) is 1.98. The maximum absolute atomic E-state index is 5.64. The Balaban J connectivity index is 2.06. The summed E-state index contributed by atoms with van der Waals surface area (Å²) in [6.07, 6.45) is 2.31. The monoisotopic (exact) mass is 156 g/mol. The molecule has 0 aromatic rings. The van der Waals surface area contributed by atoms with E-state index in [0.717, 1.165) is 39.1 Å². The second-order valence-electron chi connectivity index (χ2n) is 3.52. The molecule has 2 heterocycles. The van der Waals surface area contributed by atoms with E-state index >= 15 is 0 Å². The summed E-state index contributed by atoms with van der Waals surface area (Å²) < 4.78 is 11.3. The summed E-state index contributed by atoms with van der Waals surface area (Å²) in [5.74, 6) is 0. The van der Waals surface area contributed by atoms with E-state index in [1.165, 1.54) is 0 Å². The van der Waals surface area contributed by atoms with Crippen LogP contribution < -0.4 is 0 Å². The highest BCUT2D eigenvalue weighted by Gasteiger charge is 2.33. The summed E-state index contributed by atoms with van der Waals surface area (Å²) >= 11 is 0. The summed E-state index contributed by atoms with van der Waals surface area (Å²) in [5.41, 5.74) is 0. The van der Waals surface area contributed by atoms with Gasteiger partial charge in [0, 0.05) is 13.2 Å². The minimum Gasteiger partial charge on any atom is -0.555 e. The fourth-order valence-corrected chi connectivity index (χ4v) is 1.98. The van der Waals surface area contributed by atoms with Crippen molar-refractivity contribution in [3.8, 4) is 0 Å². The average Bonchev–Trinajstić information content (AvgIpc) is 2.03. The first-order valence-electron chi connectivity index (χ1n) is 4.52. The van der Waals surface area contributed by atoms with Gasteiger partial charge in [-0.2, -0.15) is 0 Å². The van der Waals surface area contributed by atoms with E-state index in [1.807, 2.05) is 0 Å². The van der Waals surface area contributed by atoms with E-state index < -0.39 is 6.69 Å². The zero-order valence-electron chi connectivity index (χ0n) is 7.08. The zero-order valence-corrected chi connectivity index (χ0v) is 7.08. The smallest absolute Gasteiger partial charge is 0.314 e. The van der Waals surface area contributed by atoms with Crippen molar-refractivity contribution in [3.63, 3.8) is 0 Å². The molecule has 2 fully saturated rings. The van der Waals surface area contributed by atoms with Crippen molar-refractivity contribution in [2.45, 2.75) is 19.7 Å². The minimum absolute atomic E-state index is 0.868. The van der Waals surface area contributed by atoms with Crippen LogP contribution in [0.25, 0.3) is 0 Å². The van der Waals surface area contributed by atoms with Gasteiger partial charge in [0.05, 0.1) is 0 Å². The molecular weight excluding hydrogens is 141 g/mol. The van der Waals surface area contributed by atoms with Crippen molar-refractivity contribution in [1.82, 2.24) is 4.81 Å². The lowest BCUT2D eigenvalue weighted by Crippen LogP contribution is -2.62. The maximum atomic E-state index is 5.64. The van der Waals surface area contributed by atoms with Gasteiger partial charge in [0.2, 0.25) is 0 Å². The summed E-state index contributed by atoms with van der Waals surface area (Å²) in [5, 5.41) is 0. The van der Waals surface area contributed by atoms with Crippen LogP contribution in [0.2, 0.25) is 6.82 Å². The third kappa shape index (κ3) is 1.30. The van der Waals surface area contributed by atoms with Crippen molar-refractivity contribution >= 4 is 6.69 Å². The predicted molar refractivity (Wildman–Crippen MR) is 44.3 cm³/mol. The first kappa shape index (κ1) is 7.59. The van der Waals surface area contributed by atoms with Gasteiger partial charge in [0.25, 0.3) is 0 Å². The summed E-state index contributed by atoms with van der Waals surface area (Å²) in [6, 6.07) is 0. The lowest BCUT2D eigenvalue weighted by molar-refractivity contribution is 0.0540. The van der Waals surface area contributed by atoms with E-state index in [-0.39, 0.29) is 0 Å². The van der Waals surface area contributed by atoms with Crippen molar-refractivity contribution < 1.29 is 9.31 Å². The van der Waals surface area contributed by atoms with Crippen LogP contribution in [0.3, 0.4) is 0 Å². The molecule has 2 rings (SSSR count). The normalized spacial score (nSPS) is 31.4. The molecule has 2 saturated heterocycles. The SMILES string of the molecule is C[B-]12OCCCN1CCCO2. The third-order valence-corrected chi connectivity index (χ3v) is 2.70. The zero-order chi connectivity index (χ0) is 7.73. The van der Waals surface area contributed by atoms with E-state index in [0.29, 0.717) is 0 Å². The van der Waals surface area contributed by atoms with Crippen LogP contribution in [-0.2, 0) is 9.31 Å². The van der Waals surface area contributed by atoms with Crippen LogP contribution >= 0.6 is 0 Å². The van der Waals surface area contributed by atoms with Crippen LogP contribution in [0.4, 0.5) is 0 Å². The van der Waals surface area contributed by atoms with E-state index in [4.69, 9.17) is 9.31 Å². The quantitative estimate of drug-likeness (QED) is 0.482. The molecule has 2 aliphatic heterocycles. The molecule has 64 valence electrons. The Morgan fingerprint density at radius 3 is 2.09 bits per heavy atom. The highest BCUT2D eigenvalue weighted by Crippen LogP contribution is 2.22. The standard InChI is InChI=1S/C7H15BNO2/c1-8-9(4-2-6-10-8)5-3-7-11-8/h2-7H2,1H3/q-1. The fraction of sp³-hybridized carbons (Fsp3) is 1.00. The van der Waals surface area contributed by atoms with Crippen LogP contribution in [0, 0.1) is 0 Å². The molecule has 0 radical (unpaired) electrons. The molecule has 0 aliphatic carbocycles. The van der Waals surface area contributed by atoms with Gasteiger partial charge in [-0.3, -0.25) is 0 Å². The molecule has 0 aromatic heterocycles. The Labute approximate surface area is 67.7 Å². The second kappa shape index (κ2) is 2.77. The summed E-state index contributed by atoms with van der Waals surface area (Å²) in [6.45, 7) is 5.08. The molecule has 0 atom stereocenters. The number of nitrogens with zero attached hydrogens (tertiary/aromatic N) is 1. The van der Waals surface area contributed by atoms with Crippen molar-refractivity contribution in [3.05, 3.63) is 0 Å². The van der Waals surface area contributed by atoms with E-state index in [1.54, 1.807) is 0 Å². The molecular formula is C7H15BNO2-. The molecule has 0 bridgehead atoms. The molecule has 0 saturated carbocycles. The summed E-state index contributed by atoms with van der Waals surface area (Å²) in [7, 11) is 0. The highest BCUT2D eigenvalue weighted by molar-refractivity contribution is 6.63. The van der Waals surface area contributed by atoms with Crippen molar-refractivity contribution in [1.29, 1.82) is 0 Å². The number of rotatable bonds is 0. The first-order chi connectivity index (χ1) is 5.31. The van der Waals surface area contributed by atoms with Gasteiger partial charge < -0.3 is 14.1 Å². The Bertz CT molecular complexity index is 141. The lowest BCUT2D eigenvalue weighted by Gasteiger charge is -2.54. The van der Waals surface area contributed by atoms with E-state index in [9.17, 15) is 0 Å². The Morgan fingerprint density at radius 1 is 1.09 bits per heavy atom. The first-order valence-corrected chi connectivity index (χ1v) is 4.52. The van der Waals surface area contributed by atoms with Crippen LogP contribution in [0.5, 0.6) is 0 Å². The molecule has 0 amide bonds. The maximum Gasteiger partial charge on any atom is 0.314 e. The van der Waals surface area contributed by atoms with Crippen LogP contribution in [0.15, 0.2) is 0 Å². The van der Waals surface area contributed by atoms with Gasteiger partial charge in [-0.05, 0) is 25.9 Å². The summed E-state index contributed by atoms with van der Waals surface area (Å²) in [4.78, 5) is 2.34. The molecule has 0 unspecified atom stereocenters. The van der Waals surface area contributed by atoms with Gasteiger partial charge in [-0.1, -0.05) is 0 Å². The Hall–Kier alpha value is -0.0551. The lowest BCUT2D eigenvalue weighted by atomic mass is 9.69. The van der Waals surface area contributed by atoms with Gasteiger partial charge in [0.15, 0.2) is 0 Å². The Kier molecular flexibility index (Phi) is 1.91. The number of hydrogen-bond donors (Lipinski definition) is 0. The highest BCUT2D eigenvalue weighted by atomic mass is 16.6. The van der Waals surface area contributed by atoms with E-state index in [2.05, 4.69) is 11.6 Å². The van der Waals surface area contributed by atoms with Crippen molar-refractivity contribution in [2.24, 2.45) is 0 Å². The molecule has 0 N–H and O–H groups in total. The Morgan fingerprint density at radius 2 is 1.64 bits per heavy atom. The van der Waals surface area contributed by atoms with Gasteiger partial charge >= 0.3 is 6.69 Å². The molecule has 0 spiro atoms. The second-order valence-corrected chi connectivity index (χ2v) is 3.52. The molecule has 0 aromatic carbocycles. The van der Waals surface area contributed by atoms with Gasteiger partial charge in [-0.25, -0.2) is 0 Å². The van der Waals surface area contributed by atoms with Crippen LogP contribution in [-0.4, -0.2) is 37.8 Å². The van der Waals surface area contributed by atoms with Gasteiger partial charge in [-0.15, -0.1) is 6.82 Å². The predicted octanol–water partition coefficient (Wildman–Crippen LogP) is 0.698. The van der Waals surface area contributed by atoms with Crippen LogP contribution in [0.1, 0.15) is 12.8 Å². The minimum atomic E-state index is -1.03. The largest absolute Gasteiger partial charge is 0.555 e. The molecule has 4 heteroatoms. The topological polar surface area (TPSA) is 21.7 Å². The molecule has 2 aliphatic rings. The third-order valence-electron chi connectivity index (χ3n) is 2.70. The number of fused-ring (bicyclic) bond motifs is 1. The average molecular weight is 156 g/mol.